The summed E-state index contributed by atoms with van der Waals surface area (Å²) in [5.74, 6) is -0.177. The Morgan fingerprint density at radius 3 is 2.63 bits per heavy atom. The van der Waals surface area contributed by atoms with E-state index in [9.17, 15) is 9.90 Å². The van der Waals surface area contributed by atoms with Crippen molar-refractivity contribution >= 4 is 5.91 Å². The molecule has 1 aromatic carbocycles. The first kappa shape index (κ1) is 15.7. The van der Waals surface area contributed by atoms with Crippen LogP contribution in [0.5, 0.6) is 0 Å². The van der Waals surface area contributed by atoms with E-state index in [1.807, 2.05) is 30.3 Å². The maximum absolute atomic E-state index is 11.9. The van der Waals surface area contributed by atoms with Crippen LogP contribution in [0.1, 0.15) is 31.7 Å². The third-order valence-corrected chi connectivity index (χ3v) is 3.10. The molecule has 1 rings (SSSR count). The van der Waals surface area contributed by atoms with E-state index in [0.29, 0.717) is 12.8 Å². The van der Waals surface area contributed by atoms with Crippen LogP contribution < -0.4 is 11.1 Å². The van der Waals surface area contributed by atoms with Crippen molar-refractivity contribution in [2.24, 2.45) is 5.73 Å². The van der Waals surface area contributed by atoms with Crippen LogP contribution in [0.4, 0.5) is 0 Å². The third-order valence-electron chi connectivity index (χ3n) is 3.10. The number of carbonyl (C=O) groups is 1. The van der Waals surface area contributed by atoms with Crippen molar-refractivity contribution in [1.82, 2.24) is 5.32 Å². The van der Waals surface area contributed by atoms with Crippen LogP contribution in [0.3, 0.4) is 0 Å². The summed E-state index contributed by atoms with van der Waals surface area (Å²) in [6, 6.07) is 9.03. The zero-order chi connectivity index (χ0) is 14.1. The second-order valence-electron chi connectivity index (χ2n) is 4.83. The summed E-state index contributed by atoms with van der Waals surface area (Å²) in [5, 5.41) is 12.1. The Morgan fingerprint density at radius 1 is 1.37 bits per heavy atom. The lowest BCUT2D eigenvalue weighted by Crippen LogP contribution is -2.47. The number of hydrogen-bond acceptors (Lipinski definition) is 3. The van der Waals surface area contributed by atoms with E-state index in [1.165, 1.54) is 0 Å². The summed E-state index contributed by atoms with van der Waals surface area (Å²) in [7, 11) is 0. The molecule has 4 heteroatoms. The number of carbonyl (C=O) groups excluding carboxylic acids is 1. The molecular weight excluding hydrogens is 240 g/mol. The van der Waals surface area contributed by atoms with Gasteiger partial charge in [0.15, 0.2) is 0 Å². The van der Waals surface area contributed by atoms with E-state index >= 15 is 0 Å². The van der Waals surface area contributed by atoms with Crippen molar-refractivity contribution in [3.8, 4) is 0 Å². The van der Waals surface area contributed by atoms with Crippen molar-refractivity contribution in [3.05, 3.63) is 35.9 Å². The maximum atomic E-state index is 11.9. The normalized spacial score (nSPS) is 13.8. The van der Waals surface area contributed by atoms with Crippen LogP contribution >= 0.6 is 0 Å². The number of amides is 1. The molecule has 1 amide bonds. The highest BCUT2D eigenvalue weighted by molar-refractivity contribution is 5.81. The van der Waals surface area contributed by atoms with E-state index in [1.54, 1.807) is 0 Å². The fourth-order valence-electron chi connectivity index (χ4n) is 1.92. The zero-order valence-corrected chi connectivity index (χ0v) is 11.5. The third kappa shape index (κ3) is 5.85. The molecule has 0 aromatic heterocycles. The average molecular weight is 264 g/mol. The van der Waals surface area contributed by atoms with Gasteiger partial charge in [0.2, 0.25) is 5.91 Å². The smallest absolute Gasteiger partial charge is 0.237 e. The predicted molar refractivity (Wildman–Crippen MR) is 76.7 cm³/mol. The number of hydrogen-bond donors (Lipinski definition) is 3. The van der Waals surface area contributed by atoms with Gasteiger partial charge >= 0.3 is 0 Å². The van der Waals surface area contributed by atoms with Crippen molar-refractivity contribution in [1.29, 1.82) is 0 Å². The molecule has 106 valence electrons. The first-order valence-corrected chi connectivity index (χ1v) is 6.88. The average Bonchev–Trinajstić information content (AvgIpc) is 2.44. The van der Waals surface area contributed by atoms with Crippen LogP contribution in [-0.2, 0) is 11.2 Å². The minimum atomic E-state index is -0.482. The molecule has 0 saturated heterocycles. The van der Waals surface area contributed by atoms with Gasteiger partial charge in [0.1, 0.15) is 0 Å². The second-order valence-corrected chi connectivity index (χ2v) is 4.83. The number of nitrogens with one attached hydrogen (secondary N) is 1. The van der Waals surface area contributed by atoms with Gasteiger partial charge in [-0.05, 0) is 18.4 Å². The monoisotopic (exact) mass is 264 g/mol. The first-order chi connectivity index (χ1) is 9.17. The van der Waals surface area contributed by atoms with Gasteiger partial charge in [-0.15, -0.1) is 0 Å². The van der Waals surface area contributed by atoms with Crippen LogP contribution in [0.15, 0.2) is 30.3 Å². The summed E-state index contributed by atoms with van der Waals surface area (Å²) in [4.78, 5) is 11.9. The standard InChI is InChI=1S/C15H24N2O2/c1-2-3-9-14(16)15(19)17-13(11-18)10-12-7-5-4-6-8-12/h4-8,13-14,18H,2-3,9-11,16H2,1H3,(H,17,19). The summed E-state index contributed by atoms with van der Waals surface area (Å²) in [6.07, 6.45) is 3.26. The Labute approximate surface area is 115 Å². The minimum absolute atomic E-state index is 0.0822. The Morgan fingerprint density at radius 2 is 2.05 bits per heavy atom. The zero-order valence-electron chi connectivity index (χ0n) is 11.5. The molecule has 4 N–H and O–H groups in total. The molecule has 19 heavy (non-hydrogen) atoms. The Hall–Kier alpha value is -1.39. The molecule has 1 aromatic rings. The molecule has 0 radical (unpaired) electrons. The number of benzene rings is 1. The molecular formula is C15H24N2O2. The van der Waals surface area contributed by atoms with Gasteiger partial charge in [-0.1, -0.05) is 50.1 Å². The van der Waals surface area contributed by atoms with Gasteiger partial charge < -0.3 is 16.2 Å². The van der Waals surface area contributed by atoms with Gasteiger partial charge in [-0.3, -0.25) is 4.79 Å². The Balaban J connectivity index is 2.45. The largest absolute Gasteiger partial charge is 0.394 e. The van der Waals surface area contributed by atoms with E-state index in [-0.39, 0.29) is 18.6 Å². The minimum Gasteiger partial charge on any atom is -0.394 e. The fourth-order valence-corrected chi connectivity index (χ4v) is 1.92. The number of aliphatic hydroxyl groups is 1. The van der Waals surface area contributed by atoms with Gasteiger partial charge in [-0.2, -0.15) is 0 Å². The van der Waals surface area contributed by atoms with E-state index in [2.05, 4.69) is 12.2 Å². The van der Waals surface area contributed by atoms with Crippen LogP contribution in [0, 0.1) is 0 Å². The Bertz CT molecular complexity index is 368. The van der Waals surface area contributed by atoms with Crippen molar-refractivity contribution < 1.29 is 9.90 Å². The van der Waals surface area contributed by atoms with E-state index in [0.717, 1.165) is 18.4 Å². The molecule has 0 aliphatic rings. The lowest BCUT2D eigenvalue weighted by atomic mass is 10.1. The molecule has 0 fully saturated rings. The van der Waals surface area contributed by atoms with E-state index < -0.39 is 6.04 Å². The first-order valence-electron chi connectivity index (χ1n) is 6.88. The molecule has 0 bridgehead atoms. The summed E-state index contributed by atoms with van der Waals surface area (Å²) >= 11 is 0. The van der Waals surface area contributed by atoms with E-state index in [4.69, 9.17) is 5.73 Å². The topological polar surface area (TPSA) is 75.4 Å². The molecule has 0 saturated carbocycles. The SMILES string of the molecule is CCCCC(N)C(=O)NC(CO)Cc1ccccc1. The highest BCUT2D eigenvalue weighted by Gasteiger charge is 2.17. The quantitative estimate of drug-likeness (QED) is 0.661. The van der Waals surface area contributed by atoms with Gasteiger partial charge in [0, 0.05) is 0 Å². The summed E-state index contributed by atoms with van der Waals surface area (Å²) < 4.78 is 0. The Kier molecular flexibility index (Phi) is 7.15. The highest BCUT2D eigenvalue weighted by Crippen LogP contribution is 2.04. The highest BCUT2D eigenvalue weighted by atomic mass is 16.3. The number of unbranched alkanes of at least 4 members (excludes halogenated alkanes) is 1. The van der Waals surface area contributed by atoms with Crippen LogP contribution in [0.2, 0.25) is 0 Å². The lowest BCUT2D eigenvalue weighted by molar-refractivity contribution is -0.123. The number of nitrogens with two attached hydrogens (primary N) is 1. The molecule has 2 atom stereocenters. The summed E-state index contributed by atoms with van der Waals surface area (Å²) in [5.41, 5.74) is 6.89. The molecule has 2 unspecified atom stereocenters. The summed E-state index contributed by atoms with van der Waals surface area (Å²) in [6.45, 7) is 1.98. The van der Waals surface area contributed by atoms with Crippen LogP contribution in [0.25, 0.3) is 0 Å². The second kappa shape index (κ2) is 8.67. The van der Waals surface area contributed by atoms with Crippen molar-refractivity contribution in [2.45, 2.75) is 44.7 Å². The van der Waals surface area contributed by atoms with Crippen molar-refractivity contribution in [3.63, 3.8) is 0 Å². The van der Waals surface area contributed by atoms with Crippen LogP contribution in [-0.4, -0.2) is 29.7 Å². The van der Waals surface area contributed by atoms with Crippen molar-refractivity contribution in [2.75, 3.05) is 6.61 Å². The predicted octanol–water partition coefficient (Wildman–Crippen LogP) is 1.22. The molecule has 4 nitrogen and oxygen atoms in total. The molecule has 0 aliphatic heterocycles. The number of aliphatic hydroxyl groups excluding tert-OH is 1. The molecule has 0 aliphatic carbocycles. The maximum Gasteiger partial charge on any atom is 0.237 e. The van der Waals surface area contributed by atoms with Gasteiger partial charge in [0.05, 0.1) is 18.7 Å². The fraction of sp³-hybridized carbons (Fsp3) is 0.533. The number of rotatable bonds is 8. The molecule has 0 heterocycles. The lowest BCUT2D eigenvalue weighted by Gasteiger charge is -2.19. The molecule has 0 spiro atoms. The van der Waals surface area contributed by atoms with Gasteiger partial charge in [-0.25, -0.2) is 0 Å². The van der Waals surface area contributed by atoms with Gasteiger partial charge in [0.25, 0.3) is 0 Å².